The minimum Gasteiger partial charge on any atom is -0.315 e. The van der Waals surface area contributed by atoms with E-state index in [4.69, 9.17) is 5.10 Å². The summed E-state index contributed by atoms with van der Waals surface area (Å²) in [4.78, 5) is 28.1. The first kappa shape index (κ1) is 27.6. The number of nitrogens with zero attached hydrogens (tertiary/aromatic N) is 3. The minimum atomic E-state index is -0.309. The van der Waals surface area contributed by atoms with Crippen molar-refractivity contribution < 1.29 is 9.59 Å². The van der Waals surface area contributed by atoms with Crippen molar-refractivity contribution in [3.63, 3.8) is 0 Å². The van der Waals surface area contributed by atoms with Crippen LogP contribution in [0.1, 0.15) is 49.9 Å². The quantitative estimate of drug-likeness (QED) is 0.244. The number of hydrogen-bond donors (Lipinski definition) is 2. The van der Waals surface area contributed by atoms with Gasteiger partial charge in [0.2, 0.25) is 5.91 Å². The van der Waals surface area contributed by atoms with Gasteiger partial charge in [0.25, 0.3) is 0 Å². The highest BCUT2D eigenvalue weighted by atomic mass is 16.2. The van der Waals surface area contributed by atoms with E-state index in [0.29, 0.717) is 24.0 Å². The molecule has 0 atom stereocenters. The molecule has 4 aromatic rings. The second-order valence-corrected chi connectivity index (χ2v) is 10.1. The van der Waals surface area contributed by atoms with Crippen LogP contribution in [0.5, 0.6) is 0 Å². The molecular formula is C32H37N5O2. The average molecular weight is 524 g/mol. The van der Waals surface area contributed by atoms with Crippen LogP contribution in [0.3, 0.4) is 0 Å². The van der Waals surface area contributed by atoms with Gasteiger partial charge in [0.15, 0.2) is 0 Å². The standard InChI is InChI=1S/C32H37N5O2/c1-6-20-36(32(39)33-27-16-14-25(15-17-27)22(2)3)21-29(38)34-31-30(26-10-8-7-9-11-26)24(5)35-37(31)28-18-12-23(4)13-19-28/h7-19,22H,6,20-21H2,1-5H3,(H,33,39)(H,34,38). The zero-order valence-corrected chi connectivity index (χ0v) is 23.4. The van der Waals surface area contributed by atoms with E-state index in [2.05, 4.69) is 24.5 Å². The van der Waals surface area contributed by atoms with Crippen molar-refractivity contribution in [1.82, 2.24) is 14.7 Å². The van der Waals surface area contributed by atoms with Gasteiger partial charge in [-0.1, -0.05) is 80.9 Å². The molecule has 4 rings (SSSR count). The van der Waals surface area contributed by atoms with Crippen molar-refractivity contribution in [3.8, 4) is 16.8 Å². The third kappa shape index (κ3) is 6.74. The third-order valence-corrected chi connectivity index (χ3v) is 6.60. The van der Waals surface area contributed by atoms with Crippen LogP contribution in [0.2, 0.25) is 0 Å². The van der Waals surface area contributed by atoms with E-state index >= 15 is 0 Å². The lowest BCUT2D eigenvalue weighted by molar-refractivity contribution is -0.116. The Morgan fingerprint density at radius 1 is 0.897 bits per heavy atom. The Kier molecular flexibility index (Phi) is 8.81. The topological polar surface area (TPSA) is 79.3 Å². The number of aryl methyl sites for hydroxylation is 2. The number of amides is 3. The monoisotopic (exact) mass is 523 g/mol. The number of aromatic nitrogens is 2. The van der Waals surface area contributed by atoms with Crippen LogP contribution < -0.4 is 10.6 Å². The fourth-order valence-electron chi connectivity index (χ4n) is 4.49. The number of nitrogens with one attached hydrogen (secondary N) is 2. The van der Waals surface area contributed by atoms with Gasteiger partial charge in [-0.15, -0.1) is 0 Å². The van der Waals surface area contributed by atoms with Crippen molar-refractivity contribution in [3.05, 3.63) is 95.7 Å². The Morgan fingerprint density at radius 3 is 2.18 bits per heavy atom. The Balaban J connectivity index is 1.58. The zero-order chi connectivity index (χ0) is 27.9. The molecule has 0 bridgehead atoms. The highest BCUT2D eigenvalue weighted by Gasteiger charge is 2.23. The number of anilines is 2. The molecule has 0 unspecified atom stereocenters. The summed E-state index contributed by atoms with van der Waals surface area (Å²) in [5, 5.41) is 10.8. The summed E-state index contributed by atoms with van der Waals surface area (Å²) in [6.45, 7) is 10.6. The fraction of sp³-hybridized carbons (Fsp3) is 0.281. The summed E-state index contributed by atoms with van der Waals surface area (Å²) >= 11 is 0. The van der Waals surface area contributed by atoms with Crippen LogP contribution in [-0.4, -0.2) is 39.7 Å². The second-order valence-electron chi connectivity index (χ2n) is 10.1. The summed E-state index contributed by atoms with van der Waals surface area (Å²) in [7, 11) is 0. The molecule has 0 spiro atoms. The van der Waals surface area contributed by atoms with Gasteiger partial charge in [0.1, 0.15) is 12.4 Å². The number of urea groups is 1. The van der Waals surface area contributed by atoms with Crippen molar-refractivity contribution in [2.75, 3.05) is 23.7 Å². The van der Waals surface area contributed by atoms with Gasteiger partial charge in [-0.2, -0.15) is 5.10 Å². The molecule has 0 aliphatic carbocycles. The molecule has 1 aromatic heterocycles. The molecule has 0 aliphatic rings. The maximum Gasteiger partial charge on any atom is 0.322 e. The number of carbonyl (C=O) groups excluding carboxylic acids is 2. The number of rotatable bonds is 9. The maximum atomic E-state index is 13.4. The molecule has 2 N–H and O–H groups in total. The Labute approximate surface area is 230 Å². The molecule has 0 saturated heterocycles. The predicted molar refractivity (Wildman–Crippen MR) is 159 cm³/mol. The molecule has 3 aromatic carbocycles. The molecule has 39 heavy (non-hydrogen) atoms. The van der Waals surface area contributed by atoms with Crippen LogP contribution in [0.15, 0.2) is 78.9 Å². The lowest BCUT2D eigenvalue weighted by atomic mass is 10.0. The van der Waals surface area contributed by atoms with Gasteiger partial charge < -0.3 is 15.5 Å². The predicted octanol–water partition coefficient (Wildman–Crippen LogP) is 7.16. The molecule has 0 radical (unpaired) electrons. The van der Waals surface area contributed by atoms with Crippen LogP contribution in [0, 0.1) is 13.8 Å². The SMILES string of the molecule is CCCN(CC(=O)Nc1c(-c2ccccc2)c(C)nn1-c1ccc(C)cc1)C(=O)Nc1ccc(C(C)C)cc1. The molecule has 7 nitrogen and oxygen atoms in total. The normalized spacial score (nSPS) is 10.9. The Bertz CT molecular complexity index is 1410. The van der Waals surface area contributed by atoms with E-state index in [1.54, 1.807) is 4.68 Å². The summed E-state index contributed by atoms with van der Waals surface area (Å²) in [5.74, 6) is 0.695. The summed E-state index contributed by atoms with van der Waals surface area (Å²) in [6.07, 6.45) is 0.725. The van der Waals surface area contributed by atoms with Crippen molar-refractivity contribution in [2.45, 2.75) is 47.0 Å². The Hall–Kier alpha value is -4.39. The number of carbonyl (C=O) groups is 2. The average Bonchev–Trinajstić information content (AvgIpc) is 3.24. The van der Waals surface area contributed by atoms with Gasteiger partial charge in [-0.3, -0.25) is 4.79 Å². The largest absolute Gasteiger partial charge is 0.322 e. The first-order chi connectivity index (χ1) is 18.8. The molecule has 1 heterocycles. The van der Waals surface area contributed by atoms with Gasteiger partial charge in [-0.05, 0) is 61.6 Å². The molecule has 0 fully saturated rings. The van der Waals surface area contributed by atoms with Crippen LogP contribution >= 0.6 is 0 Å². The molecule has 3 amide bonds. The lowest BCUT2D eigenvalue weighted by Gasteiger charge is -2.22. The molecule has 0 aliphatic heterocycles. The second kappa shape index (κ2) is 12.4. The van der Waals surface area contributed by atoms with Crippen LogP contribution in [0.4, 0.5) is 16.3 Å². The van der Waals surface area contributed by atoms with Crippen LogP contribution in [-0.2, 0) is 4.79 Å². The molecule has 0 saturated carbocycles. The van der Waals surface area contributed by atoms with E-state index in [1.165, 1.54) is 10.5 Å². The van der Waals surface area contributed by atoms with E-state index in [1.807, 2.05) is 99.6 Å². The summed E-state index contributed by atoms with van der Waals surface area (Å²) in [5.41, 5.74) is 6.48. The van der Waals surface area contributed by atoms with Gasteiger partial charge in [0, 0.05) is 17.8 Å². The van der Waals surface area contributed by atoms with Crippen LogP contribution in [0.25, 0.3) is 16.8 Å². The fourth-order valence-corrected chi connectivity index (χ4v) is 4.49. The molecule has 7 heteroatoms. The number of benzene rings is 3. The first-order valence-electron chi connectivity index (χ1n) is 13.4. The highest BCUT2D eigenvalue weighted by Crippen LogP contribution is 2.33. The van der Waals surface area contributed by atoms with E-state index in [9.17, 15) is 9.59 Å². The number of hydrogen-bond acceptors (Lipinski definition) is 3. The third-order valence-electron chi connectivity index (χ3n) is 6.60. The Morgan fingerprint density at radius 2 is 1.56 bits per heavy atom. The first-order valence-corrected chi connectivity index (χ1v) is 13.4. The van der Waals surface area contributed by atoms with E-state index < -0.39 is 0 Å². The van der Waals surface area contributed by atoms with Crippen molar-refractivity contribution in [2.24, 2.45) is 0 Å². The smallest absolute Gasteiger partial charge is 0.315 e. The molecule has 202 valence electrons. The summed E-state index contributed by atoms with van der Waals surface area (Å²) < 4.78 is 1.76. The minimum absolute atomic E-state index is 0.0872. The summed E-state index contributed by atoms with van der Waals surface area (Å²) in [6, 6.07) is 25.4. The van der Waals surface area contributed by atoms with E-state index in [-0.39, 0.29) is 18.5 Å². The zero-order valence-electron chi connectivity index (χ0n) is 23.4. The maximum absolute atomic E-state index is 13.4. The van der Waals surface area contributed by atoms with E-state index in [0.717, 1.165) is 34.5 Å². The van der Waals surface area contributed by atoms with Gasteiger partial charge >= 0.3 is 6.03 Å². The van der Waals surface area contributed by atoms with Crippen molar-refractivity contribution >= 4 is 23.4 Å². The molecular weight excluding hydrogens is 486 g/mol. The van der Waals surface area contributed by atoms with Gasteiger partial charge in [0.05, 0.1) is 11.4 Å². The van der Waals surface area contributed by atoms with Crippen molar-refractivity contribution in [1.29, 1.82) is 0 Å². The highest BCUT2D eigenvalue weighted by molar-refractivity contribution is 5.99. The lowest BCUT2D eigenvalue weighted by Crippen LogP contribution is -2.41. The van der Waals surface area contributed by atoms with Gasteiger partial charge in [-0.25, -0.2) is 9.48 Å².